The smallest absolute Gasteiger partial charge is 0.164 e. The normalized spacial score (nSPS) is 11.7. The molecule has 0 saturated heterocycles. The Hall–Kier alpha value is -11.2. The van der Waals surface area contributed by atoms with Gasteiger partial charge in [0.25, 0.3) is 0 Å². The van der Waals surface area contributed by atoms with Gasteiger partial charge >= 0.3 is 0 Å². The molecule has 0 aliphatic rings. The van der Waals surface area contributed by atoms with Gasteiger partial charge in [-0.3, -0.25) is 0 Å². The Bertz CT molecular complexity index is 5160. The highest BCUT2D eigenvalue weighted by Crippen LogP contribution is 2.46. The third kappa shape index (κ3) is 8.08. The molecule has 0 fully saturated rings. The van der Waals surface area contributed by atoms with Gasteiger partial charge in [0, 0.05) is 60.5 Å². The highest BCUT2D eigenvalue weighted by molar-refractivity contribution is 6.25. The zero-order chi connectivity index (χ0) is 54.1. The number of furan rings is 2. The largest absolute Gasteiger partial charge is 0.456 e. The van der Waals surface area contributed by atoms with Gasteiger partial charge in [0.15, 0.2) is 34.9 Å². The van der Waals surface area contributed by atoms with E-state index in [4.69, 9.17) is 38.7 Å². The Morgan fingerprint density at radius 1 is 0.207 bits per heavy atom. The van der Waals surface area contributed by atoms with Crippen molar-refractivity contribution in [3.05, 3.63) is 267 Å². The van der Waals surface area contributed by atoms with Crippen LogP contribution >= 0.6 is 0 Å². The van der Waals surface area contributed by atoms with Crippen molar-refractivity contribution in [2.75, 3.05) is 0 Å². The van der Waals surface area contributed by atoms with Gasteiger partial charge in [-0.2, -0.15) is 0 Å². The molecule has 382 valence electrons. The fraction of sp³-hybridized carbons (Fsp3) is 0. The Balaban J connectivity index is 0.953. The first-order chi connectivity index (χ1) is 40.6. The van der Waals surface area contributed by atoms with E-state index in [2.05, 4.69) is 164 Å². The highest BCUT2D eigenvalue weighted by atomic mass is 16.3. The quantitative estimate of drug-likeness (QED) is 0.141. The minimum atomic E-state index is 0.533. The molecule has 0 aliphatic carbocycles. The molecular weight excluding hydrogens is 1000 g/mol. The minimum Gasteiger partial charge on any atom is -0.456 e. The molecule has 0 radical (unpaired) electrons. The van der Waals surface area contributed by atoms with Gasteiger partial charge in [-0.1, -0.05) is 212 Å². The molecule has 0 N–H and O–H groups in total. The average Bonchev–Trinajstić information content (AvgIpc) is 3.29. The number of para-hydroxylation sites is 2. The van der Waals surface area contributed by atoms with Crippen LogP contribution in [0.5, 0.6) is 0 Å². The second kappa shape index (κ2) is 19.3. The maximum Gasteiger partial charge on any atom is 0.164 e. The van der Waals surface area contributed by atoms with Gasteiger partial charge in [-0.15, -0.1) is 0 Å². The summed E-state index contributed by atoms with van der Waals surface area (Å²) in [6, 6.07) is 91.7. The van der Waals surface area contributed by atoms with Crippen molar-refractivity contribution in [1.82, 2.24) is 29.9 Å². The summed E-state index contributed by atoms with van der Waals surface area (Å²) in [5.41, 5.74) is 14.5. The van der Waals surface area contributed by atoms with E-state index in [9.17, 15) is 0 Å². The van der Waals surface area contributed by atoms with E-state index in [0.717, 1.165) is 132 Å². The van der Waals surface area contributed by atoms with E-state index in [1.54, 1.807) is 0 Å². The third-order valence-corrected chi connectivity index (χ3v) is 15.6. The fourth-order valence-electron chi connectivity index (χ4n) is 11.7. The molecular formula is C74H44N6O2. The molecule has 4 heterocycles. The van der Waals surface area contributed by atoms with Crippen molar-refractivity contribution in [3.63, 3.8) is 0 Å². The number of hydrogen-bond acceptors (Lipinski definition) is 8. The van der Waals surface area contributed by atoms with Gasteiger partial charge in [0.05, 0.1) is 0 Å². The predicted octanol–water partition coefficient (Wildman–Crippen LogP) is 19.2. The number of hydrogen-bond donors (Lipinski definition) is 0. The summed E-state index contributed by atoms with van der Waals surface area (Å²) in [7, 11) is 0. The number of rotatable bonds is 9. The molecule has 4 aromatic heterocycles. The second-order valence-electron chi connectivity index (χ2n) is 20.5. The summed E-state index contributed by atoms with van der Waals surface area (Å²) in [5.74, 6) is 3.39. The molecule has 12 aromatic carbocycles. The van der Waals surface area contributed by atoms with Crippen molar-refractivity contribution < 1.29 is 8.83 Å². The van der Waals surface area contributed by atoms with Crippen molar-refractivity contribution in [2.45, 2.75) is 0 Å². The van der Waals surface area contributed by atoms with Crippen LogP contribution in [0.25, 0.3) is 167 Å². The van der Waals surface area contributed by atoms with Crippen molar-refractivity contribution in [2.24, 2.45) is 0 Å². The van der Waals surface area contributed by atoms with Crippen LogP contribution in [0.1, 0.15) is 0 Å². The summed E-state index contributed by atoms with van der Waals surface area (Å²) in [6.07, 6.45) is 0. The lowest BCUT2D eigenvalue weighted by molar-refractivity contribution is 0.669. The third-order valence-electron chi connectivity index (χ3n) is 15.6. The van der Waals surface area contributed by atoms with Crippen LogP contribution in [-0.2, 0) is 0 Å². The van der Waals surface area contributed by atoms with Gasteiger partial charge in [-0.25, -0.2) is 29.9 Å². The lowest BCUT2D eigenvalue weighted by Crippen LogP contribution is -2.01. The second-order valence-corrected chi connectivity index (χ2v) is 20.5. The number of benzene rings is 12. The van der Waals surface area contributed by atoms with Crippen LogP contribution in [-0.4, -0.2) is 29.9 Å². The van der Waals surface area contributed by atoms with E-state index >= 15 is 0 Å². The van der Waals surface area contributed by atoms with Gasteiger partial charge < -0.3 is 8.83 Å². The molecule has 0 spiro atoms. The van der Waals surface area contributed by atoms with Crippen LogP contribution in [0.4, 0.5) is 0 Å². The van der Waals surface area contributed by atoms with Gasteiger partial charge in [0.2, 0.25) is 0 Å². The lowest BCUT2D eigenvalue weighted by Gasteiger charge is -2.15. The summed E-state index contributed by atoms with van der Waals surface area (Å²) >= 11 is 0. The zero-order valence-electron chi connectivity index (χ0n) is 43.9. The molecule has 0 aliphatic heterocycles. The molecule has 8 nitrogen and oxygen atoms in total. The molecule has 8 heteroatoms. The standard InChI is InChI=1S/C74H44N6O2/c1-5-20-45(21-6-1)49-28-19-29-50(40-49)71-75-70(48-26-11-4-12-27-48)78-74(80-71)62-44-53(43-61-56(62)38-39-65-66(61)58-32-15-17-34-63(58)81-65)60-42-52-41-51(36-37-55(52)67-59-33-16-18-35-64(59)82-68(60)67)72-76-69(47-24-9-3-10-25-47)77-73(79-72)57-31-14-13-30-54(57)46-22-7-2-8-23-46/h1-44H. The topological polar surface area (TPSA) is 104 Å². The molecule has 0 unspecified atom stereocenters. The zero-order valence-corrected chi connectivity index (χ0v) is 43.9. The first-order valence-electron chi connectivity index (χ1n) is 27.3. The molecule has 0 saturated carbocycles. The molecule has 0 amide bonds. The van der Waals surface area contributed by atoms with E-state index in [1.165, 1.54) is 0 Å². The molecule has 16 rings (SSSR count). The van der Waals surface area contributed by atoms with E-state index in [-0.39, 0.29) is 0 Å². The minimum absolute atomic E-state index is 0.533. The monoisotopic (exact) mass is 1050 g/mol. The SMILES string of the molecule is c1ccc(-c2cccc(-c3nc(-c4ccccc4)nc(-c4cc(-c5cc6cc(-c7nc(-c8ccccc8)nc(-c8ccccc8-c8ccccc8)n7)ccc6c6c5oc5ccccc56)cc5c4ccc4oc6ccccc6c45)n3)c2)cc1. The van der Waals surface area contributed by atoms with Crippen molar-refractivity contribution >= 4 is 65.4 Å². The lowest BCUT2D eigenvalue weighted by atomic mass is 9.91. The van der Waals surface area contributed by atoms with Crippen molar-refractivity contribution in [3.8, 4) is 102 Å². The maximum absolute atomic E-state index is 7.05. The van der Waals surface area contributed by atoms with E-state index in [1.807, 2.05) is 103 Å². The van der Waals surface area contributed by atoms with E-state index < -0.39 is 0 Å². The summed E-state index contributed by atoms with van der Waals surface area (Å²) in [4.78, 5) is 31.7. The summed E-state index contributed by atoms with van der Waals surface area (Å²) in [5, 5.41) is 8.02. The number of aromatic nitrogens is 6. The molecule has 0 atom stereocenters. The number of fused-ring (bicyclic) bond motifs is 10. The highest BCUT2D eigenvalue weighted by Gasteiger charge is 2.24. The van der Waals surface area contributed by atoms with Crippen LogP contribution in [0, 0.1) is 0 Å². The maximum atomic E-state index is 7.05. The first kappa shape index (κ1) is 46.8. The molecule has 82 heavy (non-hydrogen) atoms. The first-order valence-corrected chi connectivity index (χ1v) is 27.3. The predicted molar refractivity (Wildman–Crippen MR) is 332 cm³/mol. The summed E-state index contributed by atoms with van der Waals surface area (Å²) in [6.45, 7) is 0. The van der Waals surface area contributed by atoms with Crippen LogP contribution < -0.4 is 0 Å². The Kier molecular flexibility index (Phi) is 11.0. The fourth-order valence-corrected chi connectivity index (χ4v) is 11.7. The van der Waals surface area contributed by atoms with E-state index in [0.29, 0.717) is 34.9 Å². The van der Waals surface area contributed by atoms with Gasteiger partial charge in [-0.05, 0) is 104 Å². The van der Waals surface area contributed by atoms with Crippen LogP contribution in [0.3, 0.4) is 0 Å². The molecule has 16 aromatic rings. The Morgan fingerprint density at radius 3 is 1.37 bits per heavy atom. The average molecular weight is 1050 g/mol. The summed E-state index contributed by atoms with van der Waals surface area (Å²) < 4.78 is 13.6. The Labute approximate surface area is 470 Å². The van der Waals surface area contributed by atoms with Crippen LogP contribution in [0.15, 0.2) is 276 Å². The van der Waals surface area contributed by atoms with Gasteiger partial charge in [0.1, 0.15) is 22.3 Å². The Morgan fingerprint density at radius 2 is 0.695 bits per heavy atom. The van der Waals surface area contributed by atoms with Crippen molar-refractivity contribution in [1.29, 1.82) is 0 Å². The van der Waals surface area contributed by atoms with Crippen LogP contribution in [0.2, 0.25) is 0 Å². The number of nitrogens with zero attached hydrogens (tertiary/aromatic N) is 6. The molecule has 0 bridgehead atoms.